The van der Waals surface area contributed by atoms with Gasteiger partial charge in [-0.2, -0.15) is 0 Å². The minimum Gasteiger partial charge on any atom is -0.466 e. The number of piperidine rings is 1. The van der Waals surface area contributed by atoms with Crippen molar-refractivity contribution in [2.75, 3.05) is 19.7 Å². The number of thiophene rings is 1. The molecule has 4 nitrogen and oxygen atoms in total. The minimum absolute atomic E-state index is 0.0347. The molecule has 0 aliphatic carbocycles. The van der Waals surface area contributed by atoms with Crippen molar-refractivity contribution in [2.45, 2.75) is 19.8 Å². The number of hydrogen-bond donors (Lipinski definition) is 0. The quantitative estimate of drug-likeness (QED) is 0.738. The van der Waals surface area contributed by atoms with E-state index >= 15 is 0 Å². The van der Waals surface area contributed by atoms with Crippen molar-refractivity contribution in [1.82, 2.24) is 4.90 Å². The van der Waals surface area contributed by atoms with Gasteiger partial charge in [0, 0.05) is 23.0 Å². The Hall–Kier alpha value is -1.85. The second kappa shape index (κ2) is 8.02. The number of halogens is 1. The summed E-state index contributed by atoms with van der Waals surface area (Å²) in [6.07, 6.45) is 1.33. The largest absolute Gasteiger partial charge is 0.466 e. The van der Waals surface area contributed by atoms with Crippen LogP contribution in [0.1, 0.15) is 29.4 Å². The van der Waals surface area contributed by atoms with Gasteiger partial charge in [-0.3, -0.25) is 9.59 Å². The molecule has 132 valence electrons. The van der Waals surface area contributed by atoms with Crippen molar-refractivity contribution in [3.8, 4) is 10.4 Å². The molecule has 2 aromatic rings. The Kier molecular flexibility index (Phi) is 5.76. The van der Waals surface area contributed by atoms with Crippen molar-refractivity contribution < 1.29 is 14.3 Å². The summed E-state index contributed by atoms with van der Waals surface area (Å²) in [6.45, 7) is 3.40. The van der Waals surface area contributed by atoms with Crippen LogP contribution in [0.15, 0.2) is 36.4 Å². The molecule has 1 saturated heterocycles. The lowest BCUT2D eigenvalue weighted by Crippen LogP contribution is -2.40. The van der Waals surface area contributed by atoms with Gasteiger partial charge < -0.3 is 9.64 Å². The summed E-state index contributed by atoms with van der Waals surface area (Å²) >= 11 is 7.40. The van der Waals surface area contributed by atoms with Crippen molar-refractivity contribution in [2.24, 2.45) is 5.92 Å². The van der Waals surface area contributed by atoms with Gasteiger partial charge in [-0.05, 0) is 49.6 Å². The highest BCUT2D eigenvalue weighted by Crippen LogP contribution is 2.30. The first-order chi connectivity index (χ1) is 12.1. The first-order valence-corrected chi connectivity index (χ1v) is 9.59. The highest BCUT2D eigenvalue weighted by molar-refractivity contribution is 7.17. The maximum atomic E-state index is 12.7. The summed E-state index contributed by atoms with van der Waals surface area (Å²) in [5.41, 5.74) is 1.05. The SMILES string of the molecule is CCOC(=O)C1CCN(C(=O)c2ccc(-c3ccc(Cl)cc3)s2)CC1. The number of esters is 1. The second-order valence-electron chi connectivity index (χ2n) is 5.99. The van der Waals surface area contributed by atoms with E-state index in [-0.39, 0.29) is 17.8 Å². The minimum atomic E-state index is -0.143. The van der Waals surface area contributed by atoms with Crippen molar-refractivity contribution >= 4 is 34.8 Å². The molecule has 0 radical (unpaired) electrons. The van der Waals surface area contributed by atoms with Crippen LogP contribution in [-0.2, 0) is 9.53 Å². The van der Waals surface area contributed by atoms with Crippen LogP contribution in [0.25, 0.3) is 10.4 Å². The average molecular weight is 378 g/mol. The van der Waals surface area contributed by atoms with Gasteiger partial charge in [-0.25, -0.2) is 0 Å². The van der Waals surface area contributed by atoms with Gasteiger partial charge in [-0.1, -0.05) is 23.7 Å². The molecule has 1 aromatic heterocycles. The zero-order valence-corrected chi connectivity index (χ0v) is 15.6. The van der Waals surface area contributed by atoms with Gasteiger partial charge in [0.2, 0.25) is 0 Å². The van der Waals surface area contributed by atoms with Gasteiger partial charge in [0.25, 0.3) is 5.91 Å². The summed E-state index contributed by atoms with van der Waals surface area (Å²) in [6, 6.07) is 11.4. The third-order valence-electron chi connectivity index (χ3n) is 4.35. The van der Waals surface area contributed by atoms with Crippen LogP contribution in [0.3, 0.4) is 0 Å². The maximum absolute atomic E-state index is 12.7. The van der Waals surface area contributed by atoms with Crippen LogP contribution in [0, 0.1) is 5.92 Å². The first kappa shape index (κ1) is 18.0. The Morgan fingerprint density at radius 2 is 1.84 bits per heavy atom. The van der Waals surface area contributed by atoms with Gasteiger partial charge in [0.1, 0.15) is 0 Å². The Morgan fingerprint density at radius 1 is 1.16 bits per heavy atom. The van der Waals surface area contributed by atoms with Crippen LogP contribution < -0.4 is 0 Å². The predicted octanol–water partition coefficient (Wildman–Crippen LogP) is 4.48. The van der Waals surface area contributed by atoms with Crippen LogP contribution in [0.2, 0.25) is 5.02 Å². The molecular formula is C19H20ClNO3S. The molecule has 1 aliphatic rings. The number of carbonyl (C=O) groups is 2. The third-order valence-corrected chi connectivity index (χ3v) is 5.72. The van der Waals surface area contributed by atoms with E-state index in [1.807, 2.05) is 48.2 Å². The van der Waals surface area contributed by atoms with E-state index in [0.29, 0.717) is 37.6 Å². The molecule has 0 atom stereocenters. The van der Waals surface area contributed by atoms with Gasteiger partial charge in [-0.15, -0.1) is 11.3 Å². The molecule has 0 saturated carbocycles. The molecule has 3 rings (SSSR count). The van der Waals surface area contributed by atoms with E-state index in [9.17, 15) is 9.59 Å². The standard InChI is InChI=1S/C19H20ClNO3S/c1-2-24-19(23)14-9-11-21(12-10-14)18(22)17-8-7-16(25-17)13-3-5-15(20)6-4-13/h3-8,14H,2,9-12H2,1H3. The summed E-state index contributed by atoms with van der Waals surface area (Å²) in [5.74, 6) is -0.194. The summed E-state index contributed by atoms with van der Waals surface area (Å²) < 4.78 is 5.07. The van der Waals surface area contributed by atoms with Crippen molar-refractivity contribution in [3.63, 3.8) is 0 Å². The molecule has 0 unspecified atom stereocenters. The van der Waals surface area contributed by atoms with Gasteiger partial charge in [0.15, 0.2) is 0 Å². The Morgan fingerprint density at radius 3 is 2.48 bits per heavy atom. The van der Waals surface area contributed by atoms with E-state index in [1.54, 1.807) is 0 Å². The molecule has 6 heteroatoms. The number of amides is 1. The lowest BCUT2D eigenvalue weighted by Gasteiger charge is -2.30. The molecule has 1 aromatic carbocycles. The molecule has 1 fully saturated rings. The zero-order chi connectivity index (χ0) is 17.8. The Bertz CT molecular complexity index is 748. The van der Waals surface area contributed by atoms with E-state index in [1.165, 1.54) is 11.3 Å². The molecule has 1 amide bonds. The lowest BCUT2D eigenvalue weighted by molar-refractivity contribution is -0.149. The third kappa shape index (κ3) is 4.22. The van der Waals surface area contributed by atoms with E-state index in [2.05, 4.69) is 0 Å². The predicted molar refractivity (Wildman–Crippen MR) is 100 cm³/mol. The van der Waals surface area contributed by atoms with Crippen molar-refractivity contribution in [1.29, 1.82) is 0 Å². The molecule has 0 N–H and O–H groups in total. The normalized spacial score (nSPS) is 15.2. The van der Waals surface area contributed by atoms with Crippen LogP contribution in [0.5, 0.6) is 0 Å². The fourth-order valence-electron chi connectivity index (χ4n) is 2.96. The zero-order valence-electron chi connectivity index (χ0n) is 14.0. The lowest BCUT2D eigenvalue weighted by atomic mass is 9.97. The molecule has 25 heavy (non-hydrogen) atoms. The summed E-state index contributed by atoms with van der Waals surface area (Å²) in [7, 11) is 0. The van der Waals surface area contributed by atoms with Crippen molar-refractivity contribution in [3.05, 3.63) is 46.3 Å². The number of benzene rings is 1. The van der Waals surface area contributed by atoms with Crippen LogP contribution in [-0.4, -0.2) is 36.5 Å². The molecule has 0 spiro atoms. The number of rotatable bonds is 4. The van der Waals surface area contributed by atoms with Gasteiger partial charge in [0.05, 0.1) is 17.4 Å². The number of hydrogen-bond acceptors (Lipinski definition) is 4. The Balaban J connectivity index is 1.63. The fourth-order valence-corrected chi connectivity index (χ4v) is 4.06. The van der Waals surface area contributed by atoms with Crippen LogP contribution in [0.4, 0.5) is 0 Å². The average Bonchev–Trinajstić information content (AvgIpc) is 3.12. The maximum Gasteiger partial charge on any atom is 0.309 e. The van der Waals surface area contributed by atoms with E-state index in [0.717, 1.165) is 15.3 Å². The highest BCUT2D eigenvalue weighted by Gasteiger charge is 2.29. The summed E-state index contributed by atoms with van der Waals surface area (Å²) in [4.78, 5) is 28.1. The molecule has 0 bridgehead atoms. The van der Waals surface area contributed by atoms with E-state index in [4.69, 9.17) is 16.3 Å². The molecule has 2 heterocycles. The number of nitrogens with zero attached hydrogens (tertiary/aromatic N) is 1. The summed E-state index contributed by atoms with van der Waals surface area (Å²) in [5, 5.41) is 0.695. The number of carbonyl (C=O) groups excluding carboxylic acids is 2. The van der Waals surface area contributed by atoms with Crippen LogP contribution >= 0.6 is 22.9 Å². The number of ether oxygens (including phenoxy) is 1. The number of likely N-dealkylation sites (tertiary alicyclic amines) is 1. The Labute approximate surface area is 156 Å². The first-order valence-electron chi connectivity index (χ1n) is 8.40. The van der Waals surface area contributed by atoms with Gasteiger partial charge >= 0.3 is 5.97 Å². The monoisotopic (exact) mass is 377 g/mol. The van der Waals surface area contributed by atoms with E-state index < -0.39 is 0 Å². The molecular weight excluding hydrogens is 358 g/mol. The fraction of sp³-hybridized carbons (Fsp3) is 0.368. The smallest absolute Gasteiger partial charge is 0.309 e. The molecule has 1 aliphatic heterocycles. The highest BCUT2D eigenvalue weighted by atomic mass is 35.5. The second-order valence-corrected chi connectivity index (χ2v) is 7.51. The topological polar surface area (TPSA) is 46.6 Å².